The Hall–Kier alpha value is -1.89. The molecule has 0 unspecified atom stereocenters. The molecular weight excluding hydrogens is 485 g/mol. The fourth-order valence-electron chi connectivity index (χ4n) is 4.91. The van der Waals surface area contributed by atoms with Crippen molar-refractivity contribution in [2.45, 2.75) is 43.7 Å². The van der Waals surface area contributed by atoms with E-state index in [0.29, 0.717) is 29.1 Å². The number of benzene rings is 1. The predicted octanol–water partition coefficient (Wildman–Crippen LogP) is -3.30. The van der Waals surface area contributed by atoms with Crippen LogP contribution in [0, 0.1) is 11.8 Å². The molecule has 10 nitrogen and oxygen atoms in total. The first-order valence-electron chi connectivity index (χ1n) is 11.0. The van der Waals surface area contributed by atoms with Gasteiger partial charge in [0.05, 0.1) is 48.4 Å². The minimum Gasteiger partial charge on any atom is -0.543 e. The van der Waals surface area contributed by atoms with E-state index in [1.807, 2.05) is 6.92 Å². The minimum absolute atomic E-state index is 0. The number of hydrogen-bond donors (Lipinski definition) is 3. The second kappa shape index (κ2) is 11.0. The Bertz CT molecular complexity index is 1080. The van der Waals surface area contributed by atoms with E-state index in [2.05, 4.69) is 10.6 Å². The number of esters is 1. The van der Waals surface area contributed by atoms with E-state index < -0.39 is 42.0 Å². The first kappa shape index (κ1) is 27.7. The zero-order valence-electron chi connectivity index (χ0n) is 19.9. The number of methoxy groups -OCH3 is 1. The number of nitrogens with one attached hydrogen (secondary N) is 2. The Morgan fingerprint density at radius 2 is 2.06 bits per heavy atom. The van der Waals surface area contributed by atoms with Crippen LogP contribution in [0.1, 0.15) is 30.6 Å². The Morgan fingerprint density at radius 3 is 2.69 bits per heavy atom. The first-order valence-corrected chi connectivity index (χ1v) is 11.9. The van der Waals surface area contributed by atoms with Crippen LogP contribution in [-0.4, -0.2) is 70.9 Å². The van der Waals surface area contributed by atoms with Crippen molar-refractivity contribution in [3.8, 4) is 0 Å². The molecule has 4 rings (SSSR count). The summed E-state index contributed by atoms with van der Waals surface area (Å²) in [4.78, 5) is 50.6. The van der Waals surface area contributed by atoms with Crippen LogP contribution in [0.5, 0.6) is 0 Å². The van der Waals surface area contributed by atoms with Crippen molar-refractivity contribution in [2.75, 3.05) is 19.0 Å². The number of thioether (sulfide) groups is 1. The van der Waals surface area contributed by atoms with Gasteiger partial charge in [-0.05, 0) is 31.5 Å². The number of hydrogen-bond acceptors (Lipinski definition) is 9. The number of aliphatic hydroxyl groups is 1. The Kier molecular flexibility index (Phi) is 8.72. The van der Waals surface area contributed by atoms with Gasteiger partial charge in [0.1, 0.15) is 0 Å². The van der Waals surface area contributed by atoms with Gasteiger partial charge in [0.25, 0.3) is 0 Å². The molecule has 2 saturated heterocycles. The Morgan fingerprint density at radius 1 is 1.34 bits per heavy atom. The number of nitrogens with zero attached hydrogens (tertiary/aromatic N) is 1. The predicted molar refractivity (Wildman–Crippen MR) is 121 cm³/mol. The molecule has 0 aliphatic carbocycles. The van der Waals surface area contributed by atoms with Gasteiger partial charge in [-0.25, -0.2) is 4.79 Å². The van der Waals surface area contributed by atoms with Crippen LogP contribution in [0.4, 0.5) is 5.69 Å². The molecule has 0 bridgehead atoms. The zero-order valence-corrected chi connectivity index (χ0v) is 22.8. The molecular formula is C23H26N3NaO7S. The standard InChI is InChI=1S/C23H27N3O7S.Na/c1-10-17-16(11(2)27)21(29)26(17)18(22(30)31)19(10)34-14-8-15(24-9-14)20(28)25-13-6-4-5-12(7-13)23(32)33-3;/h4-7,10-11,14-17,24,27H,8-9H2,1-3H3,(H,25,28)(H,30,31);/q;+1/p-1/t10-,11-,14+,15+,16-,17-;/m1./s1. The largest absolute Gasteiger partial charge is 1.00 e. The maximum atomic E-state index is 12.8. The van der Waals surface area contributed by atoms with Crippen molar-refractivity contribution in [1.29, 1.82) is 0 Å². The number of carbonyl (C=O) groups is 4. The molecule has 0 spiro atoms. The normalized spacial score (nSPS) is 28.1. The SMILES string of the molecule is COC(=O)c1cccc(NC(=O)[C@@H]2C[C@H](SC3=C(C(=O)[O-])N4C(=O)[C@H]([C@@H](C)O)[C@H]4[C@H]3C)CN2)c1.[Na+]. The molecule has 3 N–H and O–H groups in total. The number of amides is 2. The molecule has 0 aromatic heterocycles. The maximum Gasteiger partial charge on any atom is 1.00 e. The van der Waals surface area contributed by atoms with Crippen LogP contribution in [0.25, 0.3) is 0 Å². The number of ether oxygens (including phenoxy) is 1. The smallest absolute Gasteiger partial charge is 0.543 e. The third-order valence-corrected chi connectivity index (χ3v) is 8.07. The van der Waals surface area contributed by atoms with Crippen LogP contribution in [-0.2, 0) is 19.1 Å². The molecule has 3 aliphatic rings. The molecule has 2 amide bonds. The number of rotatable bonds is 7. The van der Waals surface area contributed by atoms with Gasteiger partial charge in [0, 0.05) is 28.3 Å². The molecule has 6 atom stereocenters. The number of fused-ring (bicyclic) bond motifs is 1. The van der Waals surface area contributed by atoms with Gasteiger partial charge in [-0.15, -0.1) is 11.8 Å². The van der Waals surface area contributed by atoms with Crippen LogP contribution in [0.15, 0.2) is 34.9 Å². The van der Waals surface area contributed by atoms with E-state index in [9.17, 15) is 29.4 Å². The summed E-state index contributed by atoms with van der Waals surface area (Å²) in [6, 6.07) is 5.52. The van der Waals surface area contributed by atoms with E-state index in [1.54, 1.807) is 18.2 Å². The molecule has 0 saturated carbocycles. The fourth-order valence-corrected chi connectivity index (χ4v) is 6.39. The van der Waals surface area contributed by atoms with Crippen molar-refractivity contribution in [3.63, 3.8) is 0 Å². The molecule has 2 fully saturated rings. The van der Waals surface area contributed by atoms with Crippen LogP contribution in [0.3, 0.4) is 0 Å². The molecule has 1 aromatic carbocycles. The molecule has 182 valence electrons. The Balaban J connectivity index is 0.00000342. The summed E-state index contributed by atoms with van der Waals surface area (Å²) in [5, 5.41) is 27.7. The molecule has 1 aromatic rings. The van der Waals surface area contributed by atoms with Crippen LogP contribution in [0.2, 0.25) is 0 Å². The van der Waals surface area contributed by atoms with Gasteiger partial charge in [0.2, 0.25) is 11.8 Å². The molecule has 12 heteroatoms. The number of carboxylic acids is 1. The van der Waals surface area contributed by atoms with Gasteiger partial charge >= 0.3 is 35.5 Å². The summed E-state index contributed by atoms with van der Waals surface area (Å²) >= 11 is 1.34. The number of β-lactam (4-membered cyclic amide) rings is 1. The number of aliphatic carboxylic acids is 1. The average molecular weight is 512 g/mol. The number of carbonyl (C=O) groups excluding carboxylic acids is 4. The molecule has 3 heterocycles. The van der Waals surface area contributed by atoms with E-state index in [4.69, 9.17) is 4.74 Å². The summed E-state index contributed by atoms with van der Waals surface area (Å²) in [5.74, 6) is -3.49. The van der Waals surface area contributed by atoms with E-state index in [-0.39, 0.29) is 52.3 Å². The summed E-state index contributed by atoms with van der Waals surface area (Å²) < 4.78 is 4.70. The summed E-state index contributed by atoms with van der Waals surface area (Å²) in [5.41, 5.74) is 0.654. The quantitative estimate of drug-likeness (QED) is 0.195. The topological polar surface area (TPSA) is 148 Å². The summed E-state index contributed by atoms with van der Waals surface area (Å²) in [6.45, 7) is 3.85. The van der Waals surface area contributed by atoms with Crippen molar-refractivity contribution < 1.29 is 63.7 Å². The minimum atomic E-state index is -1.42. The van der Waals surface area contributed by atoms with Crippen molar-refractivity contribution in [1.82, 2.24) is 10.2 Å². The second-order valence-corrected chi connectivity index (χ2v) is 10.1. The molecule has 3 aliphatic heterocycles. The fraction of sp³-hybridized carbons (Fsp3) is 0.478. The van der Waals surface area contributed by atoms with Crippen molar-refractivity contribution >= 4 is 41.2 Å². The second-order valence-electron chi connectivity index (χ2n) is 8.75. The van der Waals surface area contributed by atoms with Crippen molar-refractivity contribution in [3.05, 3.63) is 40.4 Å². The van der Waals surface area contributed by atoms with Gasteiger partial charge < -0.3 is 35.3 Å². The van der Waals surface area contributed by atoms with Gasteiger partial charge in [-0.1, -0.05) is 13.0 Å². The third kappa shape index (κ3) is 5.16. The van der Waals surface area contributed by atoms with Gasteiger partial charge in [-0.2, -0.15) is 0 Å². The number of anilines is 1. The van der Waals surface area contributed by atoms with Crippen molar-refractivity contribution in [2.24, 2.45) is 11.8 Å². The zero-order chi connectivity index (χ0) is 24.7. The maximum absolute atomic E-state index is 12.8. The monoisotopic (exact) mass is 511 g/mol. The van der Waals surface area contributed by atoms with Crippen LogP contribution < -0.4 is 45.3 Å². The van der Waals surface area contributed by atoms with Crippen LogP contribution >= 0.6 is 11.8 Å². The number of carboxylic acid groups (broad SMARTS) is 1. The van der Waals surface area contributed by atoms with Gasteiger partial charge in [-0.3, -0.25) is 9.59 Å². The Labute approximate surface area is 229 Å². The summed E-state index contributed by atoms with van der Waals surface area (Å²) in [7, 11) is 1.28. The first-order chi connectivity index (χ1) is 16.1. The molecule has 35 heavy (non-hydrogen) atoms. The average Bonchev–Trinajstić information content (AvgIpc) is 3.35. The van der Waals surface area contributed by atoms with Gasteiger partial charge in [0.15, 0.2) is 0 Å². The van der Waals surface area contributed by atoms with E-state index in [0.717, 1.165) is 0 Å². The third-order valence-electron chi connectivity index (χ3n) is 6.55. The molecule has 0 radical (unpaired) electrons. The van der Waals surface area contributed by atoms with E-state index >= 15 is 0 Å². The van der Waals surface area contributed by atoms with E-state index in [1.165, 1.54) is 36.8 Å². The number of aliphatic hydroxyl groups excluding tert-OH is 1. The summed E-state index contributed by atoms with van der Waals surface area (Å²) in [6.07, 6.45) is -0.426.